The zero-order chi connectivity index (χ0) is 12.9. The fourth-order valence-corrected chi connectivity index (χ4v) is 3.83. The van der Waals surface area contributed by atoms with E-state index in [0.29, 0.717) is 18.1 Å². The minimum atomic E-state index is -0.140. The van der Waals surface area contributed by atoms with Crippen LogP contribution in [0.4, 0.5) is 0 Å². The van der Waals surface area contributed by atoms with Gasteiger partial charge in [0, 0.05) is 18.4 Å². The molecule has 0 radical (unpaired) electrons. The molecule has 2 heterocycles. The van der Waals surface area contributed by atoms with Crippen LogP contribution in [0.3, 0.4) is 0 Å². The highest BCUT2D eigenvalue weighted by molar-refractivity contribution is 5.25. The number of hydrogen-bond donors (Lipinski definition) is 1. The first kappa shape index (κ1) is 12.6. The van der Waals surface area contributed by atoms with Gasteiger partial charge in [-0.05, 0) is 33.1 Å². The molecule has 18 heavy (non-hydrogen) atoms. The van der Waals surface area contributed by atoms with Crippen LogP contribution in [0.2, 0.25) is 0 Å². The summed E-state index contributed by atoms with van der Waals surface area (Å²) in [7, 11) is 0. The molecule has 0 aromatic carbocycles. The van der Waals surface area contributed by atoms with Crippen molar-refractivity contribution in [3.05, 3.63) is 11.6 Å². The van der Waals surface area contributed by atoms with Gasteiger partial charge in [0.15, 0.2) is 0 Å². The summed E-state index contributed by atoms with van der Waals surface area (Å²) in [4.78, 5) is 0. The van der Waals surface area contributed by atoms with Crippen LogP contribution in [0, 0.1) is 5.92 Å². The molecular formula is C15H25NO2. The van der Waals surface area contributed by atoms with Crippen molar-refractivity contribution in [1.82, 2.24) is 0 Å². The Morgan fingerprint density at radius 1 is 1.50 bits per heavy atom. The molecule has 3 heteroatoms. The fraction of sp³-hybridized carbons (Fsp3) is 0.867. The van der Waals surface area contributed by atoms with Crippen LogP contribution in [-0.4, -0.2) is 30.0 Å². The normalized spacial score (nSPS) is 48.6. The molecule has 1 aliphatic carbocycles. The van der Waals surface area contributed by atoms with Crippen LogP contribution in [0.1, 0.15) is 46.5 Å². The highest BCUT2D eigenvalue weighted by Gasteiger charge is 2.55. The van der Waals surface area contributed by atoms with E-state index >= 15 is 0 Å². The highest BCUT2D eigenvalue weighted by Crippen LogP contribution is 2.49. The smallest absolute Gasteiger partial charge is 0.115 e. The molecule has 2 fully saturated rings. The van der Waals surface area contributed by atoms with E-state index in [0.717, 1.165) is 25.7 Å². The third-order valence-electron chi connectivity index (χ3n) is 4.92. The molecule has 0 aromatic rings. The molecule has 1 unspecified atom stereocenters. The van der Waals surface area contributed by atoms with E-state index in [9.17, 15) is 0 Å². The van der Waals surface area contributed by atoms with E-state index in [4.69, 9.17) is 15.2 Å². The Labute approximate surface area is 110 Å². The number of nitrogens with two attached hydrogens (primary N) is 1. The van der Waals surface area contributed by atoms with Gasteiger partial charge in [0.1, 0.15) is 5.60 Å². The second kappa shape index (κ2) is 4.32. The molecule has 2 N–H and O–H groups in total. The predicted octanol–water partition coefficient (Wildman–Crippen LogP) is 2.40. The second-order valence-corrected chi connectivity index (χ2v) is 6.53. The molecule has 3 aliphatic rings. The Bertz CT molecular complexity index is 366. The summed E-state index contributed by atoms with van der Waals surface area (Å²) in [6, 6.07) is 0.216. The maximum Gasteiger partial charge on any atom is 0.115 e. The quantitative estimate of drug-likeness (QED) is 0.766. The van der Waals surface area contributed by atoms with Crippen LogP contribution in [0.15, 0.2) is 11.6 Å². The number of fused-ring (bicyclic) bond motifs is 1. The summed E-state index contributed by atoms with van der Waals surface area (Å²) in [5.74, 6) is 0.539. The first-order valence-electron chi connectivity index (χ1n) is 7.28. The van der Waals surface area contributed by atoms with Crippen molar-refractivity contribution < 1.29 is 9.47 Å². The lowest BCUT2D eigenvalue weighted by molar-refractivity contribution is -0.141. The van der Waals surface area contributed by atoms with Gasteiger partial charge in [0.05, 0.1) is 18.3 Å². The van der Waals surface area contributed by atoms with Gasteiger partial charge < -0.3 is 15.2 Å². The van der Waals surface area contributed by atoms with E-state index in [1.807, 2.05) is 0 Å². The summed E-state index contributed by atoms with van der Waals surface area (Å²) in [5.41, 5.74) is 7.20. The van der Waals surface area contributed by atoms with Gasteiger partial charge in [-0.3, -0.25) is 0 Å². The summed E-state index contributed by atoms with van der Waals surface area (Å²) in [6.07, 6.45) is 7.47. The summed E-state index contributed by atoms with van der Waals surface area (Å²) in [5, 5.41) is 0. The zero-order valence-corrected chi connectivity index (χ0v) is 11.7. The molecule has 3 rings (SSSR count). The summed E-state index contributed by atoms with van der Waals surface area (Å²) < 4.78 is 12.6. The van der Waals surface area contributed by atoms with Gasteiger partial charge in [0.2, 0.25) is 0 Å². The van der Waals surface area contributed by atoms with E-state index < -0.39 is 0 Å². The minimum Gasteiger partial charge on any atom is -0.371 e. The Kier molecular flexibility index (Phi) is 3.04. The Balaban J connectivity index is 1.82. The number of hydrogen-bond acceptors (Lipinski definition) is 3. The molecule has 6 atom stereocenters. The van der Waals surface area contributed by atoms with Crippen LogP contribution in [0.25, 0.3) is 0 Å². The molecule has 3 nitrogen and oxygen atoms in total. The van der Waals surface area contributed by atoms with Gasteiger partial charge in [-0.2, -0.15) is 0 Å². The van der Waals surface area contributed by atoms with E-state index in [1.54, 1.807) is 0 Å². The van der Waals surface area contributed by atoms with Gasteiger partial charge in [-0.25, -0.2) is 0 Å². The van der Waals surface area contributed by atoms with Crippen molar-refractivity contribution in [2.24, 2.45) is 11.7 Å². The van der Waals surface area contributed by atoms with Crippen molar-refractivity contribution >= 4 is 0 Å². The first-order chi connectivity index (χ1) is 8.50. The third kappa shape index (κ3) is 1.93. The fourth-order valence-electron chi connectivity index (χ4n) is 3.83. The molecule has 0 saturated carbocycles. The predicted molar refractivity (Wildman–Crippen MR) is 71.3 cm³/mol. The average molecular weight is 251 g/mol. The topological polar surface area (TPSA) is 44.5 Å². The number of rotatable bonds is 2. The van der Waals surface area contributed by atoms with Crippen LogP contribution < -0.4 is 5.73 Å². The molecule has 2 bridgehead atoms. The lowest BCUT2D eigenvalue weighted by Crippen LogP contribution is -2.48. The SMILES string of the molecule is CC1=C[C@]23C[C@@H](O[C@H]2CC[C@H](C[C@H](C)N)O3)C1C. The van der Waals surface area contributed by atoms with Crippen LogP contribution in [-0.2, 0) is 9.47 Å². The van der Waals surface area contributed by atoms with Gasteiger partial charge in [-0.1, -0.05) is 18.6 Å². The van der Waals surface area contributed by atoms with Crippen molar-refractivity contribution in [3.8, 4) is 0 Å². The minimum absolute atomic E-state index is 0.140. The summed E-state index contributed by atoms with van der Waals surface area (Å²) in [6.45, 7) is 6.54. The average Bonchev–Trinajstić information content (AvgIpc) is 2.60. The Morgan fingerprint density at radius 3 is 3.00 bits per heavy atom. The monoisotopic (exact) mass is 251 g/mol. The van der Waals surface area contributed by atoms with Crippen molar-refractivity contribution in [2.45, 2.75) is 76.4 Å². The summed E-state index contributed by atoms with van der Waals surface area (Å²) >= 11 is 0. The maximum atomic E-state index is 6.42. The number of ether oxygens (including phenoxy) is 2. The van der Waals surface area contributed by atoms with E-state index in [-0.39, 0.29) is 17.7 Å². The highest BCUT2D eigenvalue weighted by atomic mass is 16.6. The first-order valence-corrected chi connectivity index (χ1v) is 7.28. The van der Waals surface area contributed by atoms with Crippen molar-refractivity contribution in [3.63, 3.8) is 0 Å². The van der Waals surface area contributed by atoms with Gasteiger partial charge in [0.25, 0.3) is 0 Å². The Hall–Kier alpha value is -0.380. The van der Waals surface area contributed by atoms with Crippen LogP contribution >= 0.6 is 0 Å². The lowest BCUT2D eigenvalue weighted by Gasteiger charge is -2.42. The maximum absolute atomic E-state index is 6.42. The van der Waals surface area contributed by atoms with Crippen molar-refractivity contribution in [2.75, 3.05) is 0 Å². The zero-order valence-electron chi connectivity index (χ0n) is 11.7. The molecule has 0 amide bonds. The molecule has 102 valence electrons. The van der Waals surface area contributed by atoms with Crippen LogP contribution in [0.5, 0.6) is 0 Å². The third-order valence-corrected chi connectivity index (χ3v) is 4.92. The van der Waals surface area contributed by atoms with E-state index in [2.05, 4.69) is 26.8 Å². The lowest BCUT2D eigenvalue weighted by atomic mass is 9.77. The largest absolute Gasteiger partial charge is 0.371 e. The van der Waals surface area contributed by atoms with Gasteiger partial charge in [-0.15, -0.1) is 0 Å². The molecule has 1 spiro atoms. The molecule has 2 aliphatic heterocycles. The second-order valence-electron chi connectivity index (χ2n) is 6.53. The standard InChI is InChI=1S/C15H25NO2/c1-9-7-15-8-13(11(9)3)17-14(15)5-4-12(18-15)6-10(2)16/h7,10-14H,4-6,8,16H2,1-3H3/t10-,11?,12+,13+,14-,15-/m0/s1. The molecular weight excluding hydrogens is 226 g/mol. The van der Waals surface area contributed by atoms with Gasteiger partial charge >= 0.3 is 0 Å². The molecule has 0 aromatic heterocycles. The van der Waals surface area contributed by atoms with E-state index in [1.165, 1.54) is 5.57 Å². The molecule has 2 saturated heterocycles. The van der Waals surface area contributed by atoms with Crippen molar-refractivity contribution in [1.29, 1.82) is 0 Å². The Morgan fingerprint density at radius 2 is 2.28 bits per heavy atom.